The maximum atomic E-state index is 12.8. The number of carbonyl (C=O) groups is 1. The predicted molar refractivity (Wildman–Crippen MR) is 118 cm³/mol. The number of para-hydroxylation sites is 1. The number of anilines is 2. The van der Waals surface area contributed by atoms with E-state index in [0.717, 1.165) is 15.8 Å². The highest BCUT2D eigenvalue weighted by molar-refractivity contribution is 7.87. The molecule has 1 atom stereocenters. The highest BCUT2D eigenvalue weighted by atomic mass is 32.2. The van der Waals surface area contributed by atoms with Crippen molar-refractivity contribution in [1.82, 2.24) is 4.98 Å². The van der Waals surface area contributed by atoms with Crippen LogP contribution in [-0.2, 0) is 26.3 Å². The summed E-state index contributed by atoms with van der Waals surface area (Å²) < 4.78 is 39.3. The van der Waals surface area contributed by atoms with Crippen LogP contribution in [0.5, 0.6) is 0 Å². The molecular formula is C20H23N3O5S2. The van der Waals surface area contributed by atoms with E-state index >= 15 is 0 Å². The summed E-state index contributed by atoms with van der Waals surface area (Å²) in [7, 11) is -4.34. The van der Waals surface area contributed by atoms with Crippen molar-refractivity contribution in [3.63, 3.8) is 0 Å². The van der Waals surface area contributed by atoms with Crippen molar-refractivity contribution in [3.8, 4) is 0 Å². The monoisotopic (exact) mass is 449 g/mol. The van der Waals surface area contributed by atoms with Crippen LogP contribution in [0.2, 0.25) is 0 Å². The van der Waals surface area contributed by atoms with Gasteiger partial charge < -0.3 is 10.1 Å². The van der Waals surface area contributed by atoms with Crippen molar-refractivity contribution >= 4 is 48.6 Å². The number of hydrogen-bond acceptors (Lipinski definition) is 7. The minimum atomic E-state index is -4.34. The van der Waals surface area contributed by atoms with E-state index in [2.05, 4.69) is 10.3 Å². The first-order valence-corrected chi connectivity index (χ1v) is 11.4. The molecule has 30 heavy (non-hydrogen) atoms. The van der Waals surface area contributed by atoms with E-state index in [1.54, 1.807) is 32.9 Å². The lowest BCUT2D eigenvalue weighted by molar-refractivity contribution is -0.155. The molecule has 0 bridgehead atoms. The van der Waals surface area contributed by atoms with E-state index in [4.69, 9.17) is 9.29 Å². The van der Waals surface area contributed by atoms with Gasteiger partial charge in [-0.05, 0) is 50.6 Å². The summed E-state index contributed by atoms with van der Waals surface area (Å²) >= 11 is 1.45. The van der Waals surface area contributed by atoms with Crippen LogP contribution < -0.4 is 10.0 Å². The van der Waals surface area contributed by atoms with Gasteiger partial charge >= 0.3 is 16.3 Å². The Bertz CT molecular complexity index is 1100. The molecule has 0 fully saturated rings. The standard InChI is InChI=1S/C20H23N3O5S2/c1-20(2,3)28-18(24)16(22-19-21-15-6-4-5-7-17(15)29-19)12-13-8-10-14(11-9-13)23-30(25,26)27/h4-11,16,23H,12H2,1-3H3,(H,21,22)(H,25,26,27). The average molecular weight is 450 g/mol. The Hall–Kier alpha value is -2.69. The van der Waals surface area contributed by atoms with Crippen LogP contribution in [-0.4, -0.2) is 35.6 Å². The zero-order chi connectivity index (χ0) is 21.9. The summed E-state index contributed by atoms with van der Waals surface area (Å²) in [4.78, 5) is 17.3. The minimum Gasteiger partial charge on any atom is -0.458 e. The number of rotatable bonds is 7. The molecule has 1 aromatic heterocycles. The summed E-state index contributed by atoms with van der Waals surface area (Å²) in [5, 5.41) is 3.78. The van der Waals surface area contributed by atoms with Gasteiger partial charge in [-0.25, -0.2) is 9.78 Å². The summed E-state index contributed by atoms with van der Waals surface area (Å²) in [6.45, 7) is 5.40. The number of ether oxygens (including phenoxy) is 1. The molecule has 3 N–H and O–H groups in total. The SMILES string of the molecule is CC(C)(C)OC(=O)C(Cc1ccc(NS(=O)(=O)O)cc1)Nc1nc2ccccc2s1. The molecule has 10 heteroatoms. The Morgan fingerprint density at radius 3 is 2.43 bits per heavy atom. The zero-order valence-corrected chi connectivity index (χ0v) is 18.4. The number of aromatic nitrogens is 1. The fraction of sp³-hybridized carbons (Fsp3) is 0.300. The summed E-state index contributed by atoms with van der Waals surface area (Å²) in [6, 6.07) is 13.4. The van der Waals surface area contributed by atoms with E-state index in [1.165, 1.54) is 23.5 Å². The topological polar surface area (TPSA) is 118 Å². The van der Waals surface area contributed by atoms with Gasteiger partial charge in [0.1, 0.15) is 11.6 Å². The maximum Gasteiger partial charge on any atom is 0.357 e. The smallest absolute Gasteiger partial charge is 0.357 e. The fourth-order valence-electron chi connectivity index (χ4n) is 2.74. The van der Waals surface area contributed by atoms with Crippen molar-refractivity contribution < 1.29 is 22.5 Å². The highest BCUT2D eigenvalue weighted by Crippen LogP contribution is 2.27. The van der Waals surface area contributed by atoms with Gasteiger partial charge in [0.05, 0.1) is 15.9 Å². The molecule has 0 radical (unpaired) electrons. The number of carbonyl (C=O) groups excluding carboxylic acids is 1. The molecule has 0 saturated heterocycles. The first-order valence-electron chi connectivity index (χ1n) is 9.18. The lowest BCUT2D eigenvalue weighted by Crippen LogP contribution is -2.38. The van der Waals surface area contributed by atoms with Crippen LogP contribution in [0.4, 0.5) is 10.8 Å². The van der Waals surface area contributed by atoms with Crippen LogP contribution in [0.3, 0.4) is 0 Å². The molecule has 1 heterocycles. The Labute approximate surface area is 179 Å². The van der Waals surface area contributed by atoms with E-state index < -0.39 is 27.9 Å². The van der Waals surface area contributed by atoms with Gasteiger partial charge in [0.25, 0.3) is 0 Å². The number of nitrogens with zero attached hydrogens (tertiary/aromatic N) is 1. The fourth-order valence-corrected chi connectivity index (χ4v) is 4.09. The highest BCUT2D eigenvalue weighted by Gasteiger charge is 2.26. The Morgan fingerprint density at radius 1 is 1.17 bits per heavy atom. The van der Waals surface area contributed by atoms with E-state index in [-0.39, 0.29) is 5.69 Å². The van der Waals surface area contributed by atoms with Crippen molar-refractivity contribution in [3.05, 3.63) is 54.1 Å². The predicted octanol–water partition coefficient (Wildman–Crippen LogP) is 3.88. The second kappa shape index (κ2) is 8.58. The quantitative estimate of drug-likeness (QED) is 0.370. The van der Waals surface area contributed by atoms with Gasteiger partial charge in [0, 0.05) is 6.42 Å². The van der Waals surface area contributed by atoms with E-state index in [9.17, 15) is 13.2 Å². The molecule has 3 aromatic rings. The number of esters is 1. The molecule has 0 amide bonds. The molecule has 0 spiro atoms. The largest absolute Gasteiger partial charge is 0.458 e. The Balaban J connectivity index is 1.81. The molecule has 1 unspecified atom stereocenters. The van der Waals surface area contributed by atoms with Crippen molar-refractivity contribution in [2.45, 2.75) is 38.8 Å². The molecule has 8 nitrogen and oxygen atoms in total. The van der Waals surface area contributed by atoms with Crippen molar-refractivity contribution in [2.75, 3.05) is 10.0 Å². The van der Waals surface area contributed by atoms with Gasteiger partial charge in [-0.2, -0.15) is 8.42 Å². The number of fused-ring (bicyclic) bond motifs is 1. The van der Waals surface area contributed by atoms with Gasteiger partial charge in [0.2, 0.25) is 0 Å². The molecule has 2 aromatic carbocycles. The average Bonchev–Trinajstić information content (AvgIpc) is 3.02. The van der Waals surface area contributed by atoms with Crippen molar-refractivity contribution in [1.29, 1.82) is 0 Å². The van der Waals surface area contributed by atoms with Gasteiger partial charge in [0.15, 0.2) is 5.13 Å². The first-order chi connectivity index (χ1) is 14.0. The van der Waals surface area contributed by atoms with E-state index in [0.29, 0.717) is 11.6 Å². The number of thiazole rings is 1. The van der Waals surface area contributed by atoms with Crippen LogP contribution >= 0.6 is 11.3 Å². The second-order valence-electron chi connectivity index (χ2n) is 7.70. The van der Waals surface area contributed by atoms with Crippen molar-refractivity contribution in [2.24, 2.45) is 0 Å². The van der Waals surface area contributed by atoms with Gasteiger partial charge in [-0.3, -0.25) is 9.27 Å². The van der Waals surface area contributed by atoms with E-state index in [1.807, 2.05) is 29.0 Å². The second-order valence-corrected chi connectivity index (χ2v) is 9.88. The van der Waals surface area contributed by atoms with Crippen LogP contribution in [0.1, 0.15) is 26.3 Å². The zero-order valence-electron chi connectivity index (χ0n) is 16.7. The summed E-state index contributed by atoms with van der Waals surface area (Å²) in [5.41, 5.74) is 1.19. The normalized spacial score (nSPS) is 13.1. The molecule has 160 valence electrons. The summed E-state index contributed by atoms with van der Waals surface area (Å²) in [6.07, 6.45) is 0.303. The number of hydrogen-bond donors (Lipinski definition) is 3. The molecule has 3 rings (SSSR count). The third-order valence-corrected chi connectivity index (χ3v) is 5.38. The molecular weight excluding hydrogens is 426 g/mol. The number of benzene rings is 2. The summed E-state index contributed by atoms with van der Waals surface area (Å²) in [5.74, 6) is -0.415. The van der Waals surface area contributed by atoms with Gasteiger partial charge in [-0.15, -0.1) is 0 Å². The third-order valence-electron chi connectivity index (χ3n) is 3.92. The minimum absolute atomic E-state index is 0.217. The van der Waals surface area contributed by atoms with Gasteiger partial charge in [-0.1, -0.05) is 35.6 Å². The number of nitrogens with one attached hydrogen (secondary N) is 2. The molecule has 0 aliphatic carbocycles. The molecule has 0 aliphatic heterocycles. The lowest BCUT2D eigenvalue weighted by Gasteiger charge is -2.24. The van der Waals surface area contributed by atoms with Crippen LogP contribution in [0.15, 0.2) is 48.5 Å². The lowest BCUT2D eigenvalue weighted by atomic mass is 10.1. The third kappa shape index (κ3) is 6.41. The Morgan fingerprint density at radius 2 is 1.83 bits per heavy atom. The molecule has 0 saturated carbocycles. The van der Waals surface area contributed by atoms with Crippen LogP contribution in [0.25, 0.3) is 10.2 Å². The van der Waals surface area contributed by atoms with Crippen LogP contribution in [0, 0.1) is 0 Å². The first kappa shape index (κ1) is 22.0. The molecule has 0 aliphatic rings. The Kier molecular flexibility index (Phi) is 6.30. The maximum absolute atomic E-state index is 12.8.